The number of sulfonamides is 1. The van der Waals surface area contributed by atoms with E-state index < -0.39 is 15.4 Å². The maximum absolute atomic E-state index is 12.8. The largest absolute Gasteiger partial charge is 0.326 e. The number of carbonyl (C=O) groups excluding carboxylic acids is 1. The summed E-state index contributed by atoms with van der Waals surface area (Å²) >= 11 is 0. The topological polar surface area (TPSA) is 75.3 Å². The van der Waals surface area contributed by atoms with Gasteiger partial charge in [0.25, 0.3) is 10.0 Å². The number of hydrogen-bond acceptors (Lipinski definition) is 3. The zero-order valence-electron chi connectivity index (χ0n) is 16.0. The fraction of sp³-hybridized carbons (Fsp3) is 0.381. The Hall–Kier alpha value is -2.34. The molecule has 0 bridgehead atoms. The van der Waals surface area contributed by atoms with E-state index in [1.165, 1.54) is 5.56 Å². The molecule has 1 amide bonds. The van der Waals surface area contributed by atoms with Gasteiger partial charge >= 0.3 is 0 Å². The second kappa shape index (κ2) is 7.35. The van der Waals surface area contributed by atoms with Crippen molar-refractivity contribution in [2.75, 3.05) is 10.0 Å². The number of anilines is 2. The highest BCUT2D eigenvalue weighted by Crippen LogP contribution is 2.26. The summed E-state index contributed by atoms with van der Waals surface area (Å²) in [7, 11) is -3.68. The van der Waals surface area contributed by atoms with E-state index in [0.717, 1.165) is 31.2 Å². The van der Waals surface area contributed by atoms with Gasteiger partial charge in [-0.1, -0.05) is 32.9 Å². The Morgan fingerprint density at radius 1 is 0.926 bits per heavy atom. The maximum atomic E-state index is 12.8. The molecule has 2 aromatic rings. The summed E-state index contributed by atoms with van der Waals surface area (Å²) in [6.45, 7) is 5.47. The third-order valence-corrected chi connectivity index (χ3v) is 6.06. The molecule has 5 nitrogen and oxygen atoms in total. The van der Waals surface area contributed by atoms with E-state index in [1.807, 2.05) is 26.8 Å². The first kappa shape index (κ1) is 19.4. The van der Waals surface area contributed by atoms with Gasteiger partial charge in [0, 0.05) is 11.1 Å². The summed E-state index contributed by atoms with van der Waals surface area (Å²) in [5.41, 5.74) is 2.81. The van der Waals surface area contributed by atoms with Gasteiger partial charge in [-0.2, -0.15) is 0 Å². The molecule has 2 aromatic carbocycles. The molecule has 0 unspecified atom stereocenters. The van der Waals surface area contributed by atoms with Gasteiger partial charge < -0.3 is 5.32 Å². The summed E-state index contributed by atoms with van der Waals surface area (Å²) in [5, 5.41) is 2.81. The third-order valence-electron chi connectivity index (χ3n) is 4.68. The van der Waals surface area contributed by atoms with Crippen molar-refractivity contribution in [1.82, 2.24) is 0 Å². The molecule has 3 rings (SSSR count). The molecule has 0 saturated heterocycles. The van der Waals surface area contributed by atoms with Crippen molar-refractivity contribution in [1.29, 1.82) is 0 Å². The lowest BCUT2D eigenvalue weighted by molar-refractivity contribution is -0.123. The van der Waals surface area contributed by atoms with E-state index in [1.54, 1.807) is 36.4 Å². The zero-order chi connectivity index (χ0) is 19.7. The molecule has 27 heavy (non-hydrogen) atoms. The van der Waals surface area contributed by atoms with Crippen molar-refractivity contribution in [2.24, 2.45) is 5.41 Å². The first-order valence-electron chi connectivity index (χ1n) is 9.21. The van der Waals surface area contributed by atoms with E-state index in [2.05, 4.69) is 10.0 Å². The van der Waals surface area contributed by atoms with Gasteiger partial charge in [-0.05, 0) is 67.1 Å². The second-order valence-corrected chi connectivity index (χ2v) is 9.71. The third kappa shape index (κ3) is 4.69. The molecule has 2 N–H and O–H groups in total. The Morgan fingerprint density at radius 3 is 2.30 bits per heavy atom. The standard InChI is InChI=1S/C21H26N2O3S/c1-21(2,3)20(24)22-17-9-6-10-18(14-17)23-27(25,26)19-12-11-15-7-4-5-8-16(15)13-19/h6,9-14,23H,4-5,7-8H2,1-3H3,(H,22,24). The van der Waals surface area contributed by atoms with Gasteiger partial charge in [-0.25, -0.2) is 8.42 Å². The number of nitrogens with one attached hydrogen (secondary N) is 2. The minimum Gasteiger partial charge on any atom is -0.326 e. The Labute approximate surface area is 161 Å². The van der Waals surface area contributed by atoms with E-state index in [9.17, 15) is 13.2 Å². The van der Waals surface area contributed by atoms with Crippen molar-refractivity contribution in [2.45, 2.75) is 51.3 Å². The number of amides is 1. The Bertz CT molecular complexity index is 960. The van der Waals surface area contributed by atoms with Crippen LogP contribution in [0, 0.1) is 5.41 Å². The number of hydrogen-bond donors (Lipinski definition) is 2. The van der Waals surface area contributed by atoms with Gasteiger partial charge in [0.15, 0.2) is 0 Å². The van der Waals surface area contributed by atoms with Gasteiger partial charge in [0.1, 0.15) is 0 Å². The SMILES string of the molecule is CC(C)(C)C(=O)Nc1cccc(NS(=O)(=O)c2ccc3c(c2)CCCC3)c1. The van der Waals surface area contributed by atoms with Crippen LogP contribution in [-0.2, 0) is 27.7 Å². The number of benzene rings is 2. The molecule has 144 valence electrons. The predicted molar refractivity (Wildman–Crippen MR) is 108 cm³/mol. The lowest BCUT2D eigenvalue weighted by atomic mass is 9.92. The molecule has 0 fully saturated rings. The van der Waals surface area contributed by atoms with Crippen LogP contribution in [0.3, 0.4) is 0 Å². The highest BCUT2D eigenvalue weighted by molar-refractivity contribution is 7.92. The van der Waals surface area contributed by atoms with Crippen LogP contribution < -0.4 is 10.0 Å². The number of carbonyl (C=O) groups is 1. The van der Waals surface area contributed by atoms with Crippen molar-refractivity contribution < 1.29 is 13.2 Å². The number of rotatable bonds is 4. The molecule has 0 radical (unpaired) electrons. The van der Waals surface area contributed by atoms with Crippen LogP contribution in [0.15, 0.2) is 47.4 Å². The molecule has 0 heterocycles. The molecule has 0 aliphatic heterocycles. The van der Waals surface area contributed by atoms with Crippen molar-refractivity contribution in [3.8, 4) is 0 Å². The number of fused-ring (bicyclic) bond motifs is 1. The Kier molecular flexibility index (Phi) is 5.29. The van der Waals surface area contributed by atoms with Crippen LogP contribution in [0.25, 0.3) is 0 Å². The molecule has 0 spiro atoms. The molecule has 6 heteroatoms. The highest BCUT2D eigenvalue weighted by Gasteiger charge is 2.22. The molecule has 0 atom stereocenters. The van der Waals surface area contributed by atoms with Crippen molar-refractivity contribution in [3.05, 3.63) is 53.6 Å². The predicted octanol–water partition coefficient (Wildman–Crippen LogP) is 4.35. The maximum Gasteiger partial charge on any atom is 0.261 e. The van der Waals surface area contributed by atoms with Crippen LogP contribution in [0.4, 0.5) is 11.4 Å². The van der Waals surface area contributed by atoms with Crippen LogP contribution in [0.1, 0.15) is 44.7 Å². The van der Waals surface area contributed by atoms with E-state index in [4.69, 9.17) is 0 Å². The minimum absolute atomic E-state index is 0.128. The summed E-state index contributed by atoms with van der Waals surface area (Å²) in [6, 6.07) is 12.1. The van der Waals surface area contributed by atoms with Gasteiger partial charge in [0.05, 0.1) is 10.6 Å². The van der Waals surface area contributed by atoms with Crippen LogP contribution in [0.5, 0.6) is 0 Å². The lowest BCUT2D eigenvalue weighted by Gasteiger charge is -2.18. The smallest absolute Gasteiger partial charge is 0.261 e. The molecular formula is C21H26N2O3S. The average molecular weight is 387 g/mol. The minimum atomic E-state index is -3.68. The van der Waals surface area contributed by atoms with Crippen molar-refractivity contribution >= 4 is 27.3 Å². The second-order valence-electron chi connectivity index (χ2n) is 8.03. The molecule has 1 aliphatic rings. The van der Waals surface area contributed by atoms with Gasteiger partial charge in [0.2, 0.25) is 5.91 Å². The summed E-state index contributed by atoms with van der Waals surface area (Å²) < 4.78 is 28.2. The quantitative estimate of drug-likeness (QED) is 0.820. The van der Waals surface area contributed by atoms with Crippen LogP contribution in [-0.4, -0.2) is 14.3 Å². The molecule has 1 aliphatic carbocycles. The average Bonchev–Trinajstić information content (AvgIpc) is 2.60. The Morgan fingerprint density at radius 2 is 1.59 bits per heavy atom. The first-order chi connectivity index (χ1) is 12.6. The van der Waals surface area contributed by atoms with Gasteiger partial charge in [-0.15, -0.1) is 0 Å². The first-order valence-corrected chi connectivity index (χ1v) is 10.7. The van der Waals surface area contributed by atoms with Crippen molar-refractivity contribution in [3.63, 3.8) is 0 Å². The monoisotopic (exact) mass is 386 g/mol. The highest BCUT2D eigenvalue weighted by atomic mass is 32.2. The molecular weight excluding hydrogens is 360 g/mol. The molecule has 0 aromatic heterocycles. The van der Waals surface area contributed by atoms with E-state index in [0.29, 0.717) is 11.4 Å². The van der Waals surface area contributed by atoms with E-state index >= 15 is 0 Å². The summed E-state index contributed by atoms with van der Waals surface area (Å²) in [4.78, 5) is 12.4. The van der Waals surface area contributed by atoms with E-state index in [-0.39, 0.29) is 10.8 Å². The summed E-state index contributed by atoms with van der Waals surface area (Å²) in [5.74, 6) is -0.128. The number of aryl methyl sites for hydroxylation is 2. The lowest BCUT2D eigenvalue weighted by Crippen LogP contribution is -2.27. The zero-order valence-corrected chi connectivity index (χ0v) is 16.8. The fourth-order valence-electron chi connectivity index (χ4n) is 3.07. The van der Waals surface area contributed by atoms with Crippen LogP contribution >= 0.6 is 0 Å². The van der Waals surface area contributed by atoms with Gasteiger partial charge in [-0.3, -0.25) is 9.52 Å². The molecule has 0 saturated carbocycles. The summed E-state index contributed by atoms with van der Waals surface area (Å²) in [6.07, 6.45) is 4.19. The normalized spacial score (nSPS) is 14.3. The fourth-order valence-corrected chi connectivity index (χ4v) is 4.17. The Balaban J connectivity index is 1.80. The van der Waals surface area contributed by atoms with Crippen LogP contribution in [0.2, 0.25) is 0 Å².